The predicted molar refractivity (Wildman–Crippen MR) is 94.6 cm³/mol. The molecule has 2 heterocycles. The number of carbonyl (C=O) groups is 1. The Morgan fingerprint density at radius 1 is 1.08 bits per heavy atom. The monoisotopic (exact) mass is 350 g/mol. The van der Waals surface area contributed by atoms with Crippen molar-refractivity contribution in [3.63, 3.8) is 0 Å². The quantitative estimate of drug-likeness (QED) is 0.842. The molecule has 24 heavy (non-hydrogen) atoms. The minimum Gasteiger partial charge on any atom is -0.312 e. The van der Waals surface area contributed by atoms with Crippen LogP contribution in [0.1, 0.15) is 51.5 Å². The molecular weight excluding hydrogens is 324 g/mol. The van der Waals surface area contributed by atoms with Gasteiger partial charge in [0.05, 0.1) is 4.90 Å². The van der Waals surface area contributed by atoms with Gasteiger partial charge in [0.15, 0.2) is 0 Å². The van der Waals surface area contributed by atoms with Gasteiger partial charge in [-0.3, -0.25) is 4.79 Å². The van der Waals surface area contributed by atoms with Gasteiger partial charge >= 0.3 is 0 Å². The lowest BCUT2D eigenvalue weighted by Gasteiger charge is -2.38. The lowest BCUT2D eigenvalue weighted by Crippen LogP contribution is -2.47. The van der Waals surface area contributed by atoms with Crippen molar-refractivity contribution >= 4 is 21.6 Å². The van der Waals surface area contributed by atoms with E-state index in [0.29, 0.717) is 23.5 Å². The average Bonchev–Trinajstić information content (AvgIpc) is 2.93. The van der Waals surface area contributed by atoms with E-state index in [0.717, 1.165) is 31.2 Å². The first kappa shape index (κ1) is 17.4. The average molecular weight is 350 g/mol. The van der Waals surface area contributed by atoms with E-state index in [9.17, 15) is 13.2 Å². The van der Waals surface area contributed by atoms with Gasteiger partial charge in [0.2, 0.25) is 15.9 Å². The number of carbonyl (C=O) groups excluding carboxylic acids is 1. The molecule has 0 saturated carbocycles. The number of hydrogen-bond acceptors (Lipinski definition) is 3. The smallest absolute Gasteiger partial charge is 0.243 e. The summed E-state index contributed by atoms with van der Waals surface area (Å²) in [6.07, 6.45) is 4.22. The minimum atomic E-state index is -3.57. The van der Waals surface area contributed by atoms with Gasteiger partial charge < -0.3 is 4.90 Å². The van der Waals surface area contributed by atoms with Gasteiger partial charge in [-0.25, -0.2) is 8.42 Å². The number of benzene rings is 1. The van der Waals surface area contributed by atoms with Gasteiger partial charge in [0, 0.05) is 30.7 Å². The molecule has 0 radical (unpaired) electrons. The van der Waals surface area contributed by atoms with E-state index >= 15 is 0 Å². The highest BCUT2D eigenvalue weighted by Gasteiger charge is 2.37. The standard InChI is InChI=1S/C18H26N2O3S/c1-13-9-10-16(19-11-5-8-18(19)21)12-17(13)24(22,23)20-14(2)6-4-7-15(20)3/h9-10,12,14-15H,4-8,11H2,1-3H3/t14-,15-/m0/s1. The third-order valence-electron chi connectivity index (χ3n) is 5.22. The number of sulfonamides is 1. The lowest BCUT2D eigenvalue weighted by atomic mass is 10.0. The Morgan fingerprint density at radius 2 is 1.75 bits per heavy atom. The van der Waals surface area contributed by atoms with E-state index in [4.69, 9.17) is 0 Å². The molecule has 1 aromatic carbocycles. The van der Waals surface area contributed by atoms with Gasteiger partial charge in [0.1, 0.15) is 0 Å². The van der Waals surface area contributed by atoms with E-state index in [1.165, 1.54) is 0 Å². The Hall–Kier alpha value is -1.40. The van der Waals surface area contributed by atoms with Crippen LogP contribution in [-0.2, 0) is 14.8 Å². The van der Waals surface area contributed by atoms with Crippen molar-refractivity contribution in [2.45, 2.75) is 69.9 Å². The summed E-state index contributed by atoms with van der Waals surface area (Å²) in [6.45, 7) is 6.45. The Balaban J connectivity index is 2.02. The van der Waals surface area contributed by atoms with Crippen LogP contribution in [0.3, 0.4) is 0 Å². The van der Waals surface area contributed by atoms with Crippen LogP contribution in [0, 0.1) is 6.92 Å². The largest absolute Gasteiger partial charge is 0.312 e. The highest BCUT2D eigenvalue weighted by Crippen LogP contribution is 2.33. The Kier molecular flexibility index (Phi) is 4.71. The second kappa shape index (κ2) is 6.48. The van der Waals surface area contributed by atoms with E-state index in [2.05, 4.69) is 0 Å². The Morgan fingerprint density at radius 3 is 2.33 bits per heavy atom. The van der Waals surface area contributed by atoms with Gasteiger partial charge in [-0.15, -0.1) is 0 Å². The summed E-state index contributed by atoms with van der Waals surface area (Å²) in [7, 11) is -3.57. The Labute approximate surface area is 144 Å². The maximum atomic E-state index is 13.3. The molecule has 0 aliphatic carbocycles. The summed E-state index contributed by atoms with van der Waals surface area (Å²) in [5.74, 6) is 0.0712. The number of piperidine rings is 1. The fourth-order valence-electron chi connectivity index (χ4n) is 3.94. The van der Waals surface area contributed by atoms with Crippen LogP contribution in [-0.4, -0.2) is 37.3 Å². The molecule has 132 valence electrons. The second-order valence-corrected chi connectivity index (χ2v) is 8.87. The molecule has 0 bridgehead atoms. The first-order chi connectivity index (χ1) is 11.3. The molecule has 2 saturated heterocycles. The van der Waals surface area contributed by atoms with Crippen molar-refractivity contribution in [1.29, 1.82) is 0 Å². The number of hydrogen-bond donors (Lipinski definition) is 0. The van der Waals surface area contributed by atoms with Crippen LogP contribution in [0.2, 0.25) is 0 Å². The van der Waals surface area contributed by atoms with Crippen LogP contribution >= 0.6 is 0 Å². The number of rotatable bonds is 3. The molecule has 0 aromatic heterocycles. The molecule has 2 aliphatic rings. The van der Waals surface area contributed by atoms with Gasteiger partial charge in [-0.2, -0.15) is 4.31 Å². The van der Waals surface area contributed by atoms with Crippen molar-refractivity contribution in [3.8, 4) is 0 Å². The van der Waals surface area contributed by atoms with Gasteiger partial charge in [-0.1, -0.05) is 12.5 Å². The van der Waals surface area contributed by atoms with Crippen molar-refractivity contribution < 1.29 is 13.2 Å². The van der Waals surface area contributed by atoms with E-state index < -0.39 is 10.0 Å². The first-order valence-corrected chi connectivity index (χ1v) is 10.2. The lowest BCUT2D eigenvalue weighted by molar-refractivity contribution is -0.117. The fourth-order valence-corrected chi connectivity index (χ4v) is 6.07. The number of anilines is 1. The third kappa shape index (κ3) is 2.97. The Bertz CT molecular complexity index is 735. The molecule has 2 aliphatic heterocycles. The zero-order chi connectivity index (χ0) is 17.5. The van der Waals surface area contributed by atoms with Crippen molar-refractivity contribution in [2.75, 3.05) is 11.4 Å². The summed E-state index contributed by atoms with van der Waals surface area (Å²) < 4.78 is 28.3. The zero-order valence-electron chi connectivity index (χ0n) is 14.7. The van der Waals surface area contributed by atoms with Gasteiger partial charge in [0.25, 0.3) is 0 Å². The summed E-state index contributed by atoms with van der Waals surface area (Å²) in [5, 5.41) is 0. The van der Waals surface area contributed by atoms with Crippen molar-refractivity contribution in [2.24, 2.45) is 0 Å². The SMILES string of the molecule is Cc1ccc(N2CCCC2=O)cc1S(=O)(=O)N1[C@@H](C)CCC[C@@H]1C. The molecule has 1 amide bonds. The van der Waals surface area contributed by atoms with Gasteiger partial charge in [-0.05, 0) is 57.7 Å². The van der Waals surface area contributed by atoms with Crippen LogP contribution in [0.25, 0.3) is 0 Å². The maximum absolute atomic E-state index is 13.3. The highest BCUT2D eigenvalue weighted by atomic mass is 32.2. The molecule has 3 rings (SSSR count). The van der Waals surface area contributed by atoms with Crippen molar-refractivity contribution in [3.05, 3.63) is 23.8 Å². The summed E-state index contributed by atoms with van der Waals surface area (Å²) in [5.41, 5.74) is 1.43. The number of nitrogens with zero attached hydrogens (tertiary/aromatic N) is 2. The zero-order valence-corrected chi connectivity index (χ0v) is 15.5. The molecule has 0 spiro atoms. The molecule has 0 N–H and O–H groups in total. The first-order valence-electron chi connectivity index (χ1n) is 8.77. The summed E-state index contributed by atoms with van der Waals surface area (Å²) >= 11 is 0. The molecule has 2 fully saturated rings. The molecule has 6 heteroatoms. The number of amides is 1. The van der Waals surface area contributed by atoms with E-state index in [-0.39, 0.29) is 18.0 Å². The molecule has 1 aromatic rings. The highest BCUT2D eigenvalue weighted by molar-refractivity contribution is 7.89. The topological polar surface area (TPSA) is 57.7 Å². The second-order valence-electron chi connectivity index (χ2n) is 7.06. The minimum absolute atomic E-state index is 0.00947. The summed E-state index contributed by atoms with van der Waals surface area (Å²) in [6, 6.07) is 5.36. The molecule has 0 unspecified atom stereocenters. The van der Waals surface area contributed by atoms with Crippen LogP contribution in [0.15, 0.2) is 23.1 Å². The normalized spacial score (nSPS) is 26.1. The van der Waals surface area contributed by atoms with Crippen LogP contribution in [0.4, 0.5) is 5.69 Å². The van der Waals surface area contributed by atoms with E-state index in [1.807, 2.05) is 32.9 Å². The molecule has 2 atom stereocenters. The van der Waals surface area contributed by atoms with Crippen LogP contribution < -0.4 is 4.90 Å². The predicted octanol–water partition coefficient (Wildman–Crippen LogP) is 3.07. The summed E-state index contributed by atoms with van der Waals surface area (Å²) in [4.78, 5) is 14.0. The van der Waals surface area contributed by atoms with Crippen molar-refractivity contribution in [1.82, 2.24) is 4.31 Å². The molecule has 5 nitrogen and oxygen atoms in total. The molecular formula is C18H26N2O3S. The maximum Gasteiger partial charge on any atom is 0.243 e. The van der Waals surface area contributed by atoms with E-state index in [1.54, 1.807) is 15.3 Å². The number of aryl methyl sites for hydroxylation is 1. The third-order valence-corrected chi connectivity index (χ3v) is 7.50. The fraction of sp³-hybridized carbons (Fsp3) is 0.611. The van der Waals surface area contributed by atoms with Crippen LogP contribution in [0.5, 0.6) is 0 Å².